The molecule has 0 aliphatic rings. The minimum atomic E-state index is -4.38. The van der Waals surface area contributed by atoms with Crippen LogP contribution in [-0.4, -0.2) is 16.0 Å². The van der Waals surface area contributed by atoms with Gasteiger partial charge in [0.25, 0.3) is 0 Å². The zero-order valence-corrected chi connectivity index (χ0v) is 11.3. The summed E-state index contributed by atoms with van der Waals surface area (Å²) in [5.41, 5.74) is -0.172. The molecule has 0 spiro atoms. The van der Waals surface area contributed by atoms with Gasteiger partial charge in [0.05, 0.1) is 24.0 Å². The van der Waals surface area contributed by atoms with Gasteiger partial charge >= 0.3 is 6.18 Å². The monoisotopic (exact) mass is 283 g/mol. The predicted octanol–water partition coefficient (Wildman–Crippen LogP) is 3.59. The van der Waals surface area contributed by atoms with Gasteiger partial charge < -0.3 is 10.3 Å². The summed E-state index contributed by atoms with van der Waals surface area (Å²) in [7, 11) is 0. The molecule has 2 aromatic rings. The molecule has 6 heteroatoms. The van der Waals surface area contributed by atoms with Crippen LogP contribution in [-0.2, 0) is 12.7 Å². The summed E-state index contributed by atoms with van der Waals surface area (Å²) in [6, 6.07) is 5.76. The predicted molar refractivity (Wildman–Crippen MR) is 71.0 cm³/mol. The number of nitrogens with zero attached hydrogens (tertiary/aromatic N) is 1. The van der Waals surface area contributed by atoms with Gasteiger partial charge in [0, 0.05) is 11.6 Å². The fourth-order valence-electron chi connectivity index (χ4n) is 1.86. The van der Waals surface area contributed by atoms with Gasteiger partial charge in [-0.3, -0.25) is 0 Å². The molecule has 0 fully saturated rings. The Morgan fingerprint density at radius 2 is 1.95 bits per heavy atom. The summed E-state index contributed by atoms with van der Waals surface area (Å²) in [6.45, 7) is 4.47. The van der Waals surface area contributed by atoms with Crippen molar-refractivity contribution in [2.45, 2.75) is 32.6 Å². The number of nitrogens with one attached hydrogen (secondary N) is 2. The van der Waals surface area contributed by atoms with E-state index in [0.717, 1.165) is 6.07 Å². The lowest BCUT2D eigenvalue weighted by Crippen LogP contribution is -2.22. The van der Waals surface area contributed by atoms with Crippen LogP contribution in [0.1, 0.15) is 25.2 Å². The molecule has 0 unspecified atom stereocenters. The van der Waals surface area contributed by atoms with Crippen LogP contribution in [0.4, 0.5) is 13.2 Å². The van der Waals surface area contributed by atoms with E-state index in [4.69, 9.17) is 0 Å². The molecule has 0 radical (unpaired) electrons. The molecule has 2 N–H and O–H groups in total. The van der Waals surface area contributed by atoms with Crippen molar-refractivity contribution < 1.29 is 13.2 Å². The molecule has 1 heterocycles. The number of rotatable bonds is 4. The van der Waals surface area contributed by atoms with E-state index >= 15 is 0 Å². The number of aromatic amines is 1. The minimum Gasteiger partial charge on any atom is -0.341 e. The number of alkyl halides is 3. The fourth-order valence-corrected chi connectivity index (χ4v) is 1.86. The van der Waals surface area contributed by atoms with Gasteiger partial charge in [-0.1, -0.05) is 32.0 Å². The Kier molecular flexibility index (Phi) is 4.13. The molecule has 2 rings (SSSR count). The highest BCUT2D eigenvalue weighted by molar-refractivity contribution is 5.64. The maximum atomic E-state index is 12.9. The average Bonchev–Trinajstić information content (AvgIpc) is 2.84. The molecule has 0 saturated carbocycles. The Morgan fingerprint density at radius 3 is 2.60 bits per heavy atom. The maximum Gasteiger partial charge on any atom is 0.417 e. The zero-order chi connectivity index (χ0) is 14.8. The van der Waals surface area contributed by atoms with E-state index in [-0.39, 0.29) is 11.6 Å². The second-order valence-corrected chi connectivity index (χ2v) is 4.82. The highest BCUT2D eigenvalue weighted by Crippen LogP contribution is 2.36. The quantitative estimate of drug-likeness (QED) is 0.900. The summed E-state index contributed by atoms with van der Waals surface area (Å²) < 4.78 is 38.8. The molecule has 1 aromatic heterocycles. The Bertz CT molecular complexity index is 573. The SMILES string of the molecule is CC(C)NCc1ncc(-c2ccccc2C(F)(F)F)[nH]1. The first-order valence-corrected chi connectivity index (χ1v) is 6.32. The zero-order valence-electron chi connectivity index (χ0n) is 11.3. The molecule has 0 bridgehead atoms. The van der Waals surface area contributed by atoms with Gasteiger partial charge in [0.15, 0.2) is 0 Å². The molecular weight excluding hydrogens is 267 g/mol. The first kappa shape index (κ1) is 14.6. The second kappa shape index (κ2) is 5.66. The van der Waals surface area contributed by atoms with Crippen molar-refractivity contribution in [3.05, 3.63) is 41.9 Å². The Morgan fingerprint density at radius 1 is 1.25 bits per heavy atom. The molecule has 0 saturated heterocycles. The second-order valence-electron chi connectivity index (χ2n) is 4.82. The van der Waals surface area contributed by atoms with E-state index in [2.05, 4.69) is 15.3 Å². The van der Waals surface area contributed by atoms with Gasteiger partial charge in [-0.05, 0) is 6.07 Å². The minimum absolute atomic E-state index is 0.114. The lowest BCUT2D eigenvalue weighted by molar-refractivity contribution is -0.137. The number of aromatic nitrogens is 2. The van der Waals surface area contributed by atoms with E-state index in [9.17, 15) is 13.2 Å². The van der Waals surface area contributed by atoms with Gasteiger partial charge in [-0.2, -0.15) is 13.2 Å². The summed E-state index contributed by atoms with van der Waals surface area (Å²) in [6.07, 6.45) is -2.94. The van der Waals surface area contributed by atoms with Gasteiger partial charge in [-0.15, -0.1) is 0 Å². The number of hydrogen-bond donors (Lipinski definition) is 2. The lowest BCUT2D eigenvalue weighted by atomic mass is 10.1. The highest BCUT2D eigenvalue weighted by atomic mass is 19.4. The molecule has 0 amide bonds. The molecule has 0 aliphatic heterocycles. The van der Waals surface area contributed by atoms with E-state index < -0.39 is 11.7 Å². The van der Waals surface area contributed by atoms with Crippen molar-refractivity contribution >= 4 is 0 Å². The van der Waals surface area contributed by atoms with Gasteiger partial charge in [0.2, 0.25) is 0 Å². The number of hydrogen-bond acceptors (Lipinski definition) is 2. The molecule has 1 aromatic carbocycles. The van der Waals surface area contributed by atoms with Crippen LogP contribution in [0.3, 0.4) is 0 Å². The summed E-state index contributed by atoms with van der Waals surface area (Å²) in [5.74, 6) is 0.616. The van der Waals surface area contributed by atoms with Crippen molar-refractivity contribution in [1.29, 1.82) is 0 Å². The molecule has 3 nitrogen and oxygen atoms in total. The molecule has 108 valence electrons. The Hall–Kier alpha value is -1.82. The summed E-state index contributed by atoms with van der Waals surface area (Å²) >= 11 is 0. The van der Waals surface area contributed by atoms with Crippen LogP contribution in [0, 0.1) is 0 Å². The average molecular weight is 283 g/mol. The topological polar surface area (TPSA) is 40.7 Å². The first-order valence-electron chi connectivity index (χ1n) is 6.32. The third-order valence-corrected chi connectivity index (χ3v) is 2.83. The van der Waals surface area contributed by atoms with Crippen LogP contribution in [0.15, 0.2) is 30.5 Å². The number of imidazole rings is 1. The van der Waals surface area contributed by atoms with Crippen LogP contribution < -0.4 is 5.32 Å². The molecule has 20 heavy (non-hydrogen) atoms. The highest BCUT2D eigenvalue weighted by Gasteiger charge is 2.33. The van der Waals surface area contributed by atoms with E-state index in [1.807, 2.05) is 13.8 Å². The normalized spacial score (nSPS) is 12.1. The molecule has 0 aliphatic carbocycles. The van der Waals surface area contributed by atoms with Gasteiger partial charge in [0.1, 0.15) is 5.82 Å². The first-order chi connectivity index (χ1) is 9.38. The van der Waals surface area contributed by atoms with Crippen molar-refractivity contribution in [3.8, 4) is 11.3 Å². The summed E-state index contributed by atoms with van der Waals surface area (Å²) in [5, 5.41) is 3.16. The van der Waals surface area contributed by atoms with Crippen molar-refractivity contribution in [2.24, 2.45) is 0 Å². The maximum absolute atomic E-state index is 12.9. The number of H-pyrrole nitrogens is 1. The molecule has 0 atom stereocenters. The third kappa shape index (κ3) is 3.39. The smallest absolute Gasteiger partial charge is 0.341 e. The van der Waals surface area contributed by atoms with Crippen LogP contribution >= 0.6 is 0 Å². The van der Waals surface area contributed by atoms with Crippen molar-refractivity contribution in [3.63, 3.8) is 0 Å². The standard InChI is InChI=1S/C14H16F3N3/c1-9(2)18-8-13-19-7-12(20-13)10-5-3-4-6-11(10)14(15,16)17/h3-7,9,18H,8H2,1-2H3,(H,19,20). The Balaban J connectivity index is 2.29. The van der Waals surface area contributed by atoms with E-state index in [1.54, 1.807) is 6.07 Å². The van der Waals surface area contributed by atoms with Crippen LogP contribution in [0.5, 0.6) is 0 Å². The summed E-state index contributed by atoms with van der Waals surface area (Å²) in [4.78, 5) is 7.03. The van der Waals surface area contributed by atoms with Crippen molar-refractivity contribution in [1.82, 2.24) is 15.3 Å². The third-order valence-electron chi connectivity index (χ3n) is 2.83. The van der Waals surface area contributed by atoms with Gasteiger partial charge in [-0.25, -0.2) is 4.98 Å². The lowest BCUT2D eigenvalue weighted by Gasteiger charge is -2.11. The fraction of sp³-hybridized carbons (Fsp3) is 0.357. The molecular formula is C14H16F3N3. The number of halogens is 3. The number of benzene rings is 1. The van der Waals surface area contributed by atoms with Crippen LogP contribution in [0.2, 0.25) is 0 Å². The largest absolute Gasteiger partial charge is 0.417 e. The Labute approximate surface area is 115 Å². The van der Waals surface area contributed by atoms with Crippen LogP contribution in [0.25, 0.3) is 11.3 Å². The van der Waals surface area contributed by atoms with E-state index in [0.29, 0.717) is 18.1 Å². The van der Waals surface area contributed by atoms with E-state index in [1.165, 1.54) is 18.3 Å². The van der Waals surface area contributed by atoms with Crippen molar-refractivity contribution in [2.75, 3.05) is 0 Å².